The van der Waals surface area contributed by atoms with Crippen LogP contribution in [-0.4, -0.2) is 25.7 Å². The maximum absolute atomic E-state index is 9.13. The molecular weight excluding hydrogens is 210 g/mol. The summed E-state index contributed by atoms with van der Waals surface area (Å²) in [4.78, 5) is 2.15. The SMILES string of the molecule is Cc1ccccc1N(C)CC(C#N)NC1CC1. The molecule has 3 heteroatoms. The predicted octanol–water partition coefficient (Wildman–Crippen LogP) is 2.08. The standard InChI is InChI=1S/C14H19N3/c1-11-5-3-4-6-14(11)17(2)10-13(9-15)16-12-7-8-12/h3-6,12-13,16H,7-8,10H2,1-2H3. The molecule has 1 atom stereocenters. The summed E-state index contributed by atoms with van der Waals surface area (Å²) in [5.74, 6) is 0. The molecule has 17 heavy (non-hydrogen) atoms. The number of benzene rings is 1. The smallest absolute Gasteiger partial charge is 0.113 e. The Hall–Kier alpha value is -1.53. The Kier molecular flexibility index (Phi) is 3.65. The Bertz CT molecular complexity index is 418. The van der Waals surface area contributed by atoms with Gasteiger partial charge in [0.2, 0.25) is 0 Å². The lowest BCUT2D eigenvalue weighted by atomic mass is 10.1. The molecule has 1 aliphatic rings. The minimum Gasteiger partial charge on any atom is -0.372 e. The van der Waals surface area contributed by atoms with Crippen LogP contribution in [0.5, 0.6) is 0 Å². The predicted molar refractivity (Wildman–Crippen MR) is 70.0 cm³/mol. The van der Waals surface area contributed by atoms with E-state index in [-0.39, 0.29) is 6.04 Å². The maximum Gasteiger partial charge on any atom is 0.113 e. The van der Waals surface area contributed by atoms with Crippen molar-refractivity contribution in [3.05, 3.63) is 29.8 Å². The van der Waals surface area contributed by atoms with Gasteiger partial charge in [-0.2, -0.15) is 5.26 Å². The number of nitrogens with one attached hydrogen (secondary N) is 1. The summed E-state index contributed by atoms with van der Waals surface area (Å²) in [6.07, 6.45) is 2.43. The van der Waals surface area contributed by atoms with E-state index in [2.05, 4.69) is 35.3 Å². The van der Waals surface area contributed by atoms with Crippen molar-refractivity contribution in [1.29, 1.82) is 5.26 Å². The van der Waals surface area contributed by atoms with Gasteiger partial charge in [-0.25, -0.2) is 0 Å². The van der Waals surface area contributed by atoms with E-state index in [1.54, 1.807) is 0 Å². The monoisotopic (exact) mass is 229 g/mol. The zero-order chi connectivity index (χ0) is 12.3. The van der Waals surface area contributed by atoms with Gasteiger partial charge in [0.05, 0.1) is 6.07 Å². The number of aryl methyl sites for hydroxylation is 1. The van der Waals surface area contributed by atoms with Gasteiger partial charge in [0.15, 0.2) is 0 Å². The molecule has 2 rings (SSSR count). The van der Waals surface area contributed by atoms with Crippen molar-refractivity contribution < 1.29 is 0 Å². The van der Waals surface area contributed by atoms with E-state index in [0.29, 0.717) is 6.04 Å². The number of hydrogen-bond acceptors (Lipinski definition) is 3. The first-order valence-electron chi connectivity index (χ1n) is 6.13. The van der Waals surface area contributed by atoms with Crippen LogP contribution in [0.4, 0.5) is 5.69 Å². The number of hydrogen-bond donors (Lipinski definition) is 1. The van der Waals surface area contributed by atoms with E-state index < -0.39 is 0 Å². The minimum atomic E-state index is -0.0768. The third-order valence-corrected chi connectivity index (χ3v) is 3.15. The summed E-state index contributed by atoms with van der Waals surface area (Å²) in [5, 5.41) is 12.5. The summed E-state index contributed by atoms with van der Waals surface area (Å²) < 4.78 is 0. The zero-order valence-corrected chi connectivity index (χ0v) is 10.5. The Morgan fingerprint density at radius 3 is 2.76 bits per heavy atom. The van der Waals surface area contributed by atoms with Gasteiger partial charge in [-0.05, 0) is 31.4 Å². The van der Waals surface area contributed by atoms with E-state index in [9.17, 15) is 0 Å². The Morgan fingerprint density at radius 1 is 1.47 bits per heavy atom. The van der Waals surface area contributed by atoms with Crippen LogP contribution in [0.15, 0.2) is 24.3 Å². The summed E-state index contributed by atoms with van der Waals surface area (Å²) in [6.45, 7) is 2.83. The van der Waals surface area contributed by atoms with Gasteiger partial charge in [-0.1, -0.05) is 18.2 Å². The number of nitriles is 1. The van der Waals surface area contributed by atoms with Crippen molar-refractivity contribution in [1.82, 2.24) is 5.32 Å². The second kappa shape index (κ2) is 5.20. The largest absolute Gasteiger partial charge is 0.372 e. The van der Waals surface area contributed by atoms with Crippen LogP contribution >= 0.6 is 0 Å². The van der Waals surface area contributed by atoms with Gasteiger partial charge in [0, 0.05) is 25.3 Å². The quantitative estimate of drug-likeness (QED) is 0.840. The number of rotatable bonds is 5. The second-order valence-electron chi connectivity index (χ2n) is 4.79. The molecule has 0 amide bonds. The summed E-state index contributed by atoms with van der Waals surface area (Å²) in [5.41, 5.74) is 2.45. The molecule has 0 saturated heterocycles. The fourth-order valence-electron chi connectivity index (χ4n) is 2.03. The number of likely N-dealkylation sites (N-methyl/N-ethyl adjacent to an activating group) is 1. The van der Waals surface area contributed by atoms with Gasteiger partial charge in [0.1, 0.15) is 6.04 Å². The van der Waals surface area contributed by atoms with E-state index in [1.807, 2.05) is 19.2 Å². The maximum atomic E-state index is 9.13. The van der Waals surface area contributed by atoms with Crippen molar-refractivity contribution >= 4 is 5.69 Å². The van der Waals surface area contributed by atoms with Crippen molar-refractivity contribution in [3.8, 4) is 6.07 Å². The molecule has 0 aliphatic heterocycles. The summed E-state index contributed by atoms with van der Waals surface area (Å²) in [6, 6.07) is 11.1. The lowest BCUT2D eigenvalue weighted by molar-refractivity contribution is 0.593. The van der Waals surface area contributed by atoms with Crippen molar-refractivity contribution in [2.24, 2.45) is 0 Å². The molecule has 1 unspecified atom stereocenters. The van der Waals surface area contributed by atoms with E-state index in [1.165, 1.54) is 24.1 Å². The van der Waals surface area contributed by atoms with Gasteiger partial charge >= 0.3 is 0 Å². The lowest BCUT2D eigenvalue weighted by Crippen LogP contribution is -2.39. The van der Waals surface area contributed by atoms with Crippen LogP contribution in [0, 0.1) is 18.3 Å². The molecule has 1 aromatic carbocycles. The Balaban J connectivity index is 1.97. The van der Waals surface area contributed by atoms with Crippen molar-refractivity contribution in [2.45, 2.75) is 31.8 Å². The Labute approximate surface area is 103 Å². The van der Waals surface area contributed by atoms with Gasteiger partial charge in [-0.15, -0.1) is 0 Å². The molecule has 1 aromatic rings. The molecule has 1 fully saturated rings. The van der Waals surface area contributed by atoms with E-state index in [4.69, 9.17) is 5.26 Å². The number of nitrogens with zero attached hydrogens (tertiary/aromatic N) is 2. The fourth-order valence-corrected chi connectivity index (χ4v) is 2.03. The van der Waals surface area contributed by atoms with E-state index >= 15 is 0 Å². The topological polar surface area (TPSA) is 39.1 Å². The van der Waals surface area contributed by atoms with Crippen molar-refractivity contribution in [2.75, 3.05) is 18.5 Å². The highest BCUT2D eigenvalue weighted by atomic mass is 15.1. The first-order valence-corrected chi connectivity index (χ1v) is 6.13. The molecule has 0 bridgehead atoms. The summed E-state index contributed by atoms with van der Waals surface area (Å²) >= 11 is 0. The van der Waals surface area contributed by atoms with Crippen LogP contribution < -0.4 is 10.2 Å². The first-order chi connectivity index (χ1) is 8.20. The molecule has 1 aliphatic carbocycles. The van der Waals surface area contributed by atoms with Crippen LogP contribution in [-0.2, 0) is 0 Å². The first kappa shape index (κ1) is 11.9. The summed E-state index contributed by atoms with van der Waals surface area (Å²) in [7, 11) is 2.04. The highest BCUT2D eigenvalue weighted by Crippen LogP contribution is 2.21. The molecule has 0 heterocycles. The average Bonchev–Trinajstić information content (AvgIpc) is 3.12. The number of para-hydroxylation sites is 1. The minimum absolute atomic E-state index is 0.0768. The average molecular weight is 229 g/mol. The second-order valence-corrected chi connectivity index (χ2v) is 4.79. The molecule has 1 saturated carbocycles. The van der Waals surface area contributed by atoms with E-state index in [0.717, 1.165) is 6.54 Å². The van der Waals surface area contributed by atoms with Gasteiger partial charge in [0.25, 0.3) is 0 Å². The molecular formula is C14H19N3. The third-order valence-electron chi connectivity index (χ3n) is 3.15. The Morgan fingerprint density at radius 2 is 2.18 bits per heavy atom. The third kappa shape index (κ3) is 3.21. The van der Waals surface area contributed by atoms with Gasteiger partial charge < -0.3 is 4.90 Å². The number of anilines is 1. The highest BCUT2D eigenvalue weighted by molar-refractivity contribution is 5.52. The molecule has 3 nitrogen and oxygen atoms in total. The van der Waals surface area contributed by atoms with Crippen molar-refractivity contribution in [3.63, 3.8) is 0 Å². The molecule has 0 aromatic heterocycles. The normalized spacial score (nSPS) is 16.3. The van der Waals surface area contributed by atoms with Gasteiger partial charge in [-0.3, -0.25) is 5.32 Å². The molecule has 0 spiro atoms. The van der Waals surface area contributed by atoms with Crippen LogP contribution in [0.2, 0.25) is 0 Å². The molecule has 0 radical (unpaired) electrons. The molecule has 90 valence electrons. The highest BCUT2D eigenvalue weighted by Gasteiger charge is 2.25. The lowest BCUT2D eigenvalue weighted by Gasteiger charge is -2.24. The van der Waals surface area contributed by atoms with Crippen LogP contribution in [0.1, 0.15) is 18.4 Å². The zero-order valence-electron chi connectivity index (χ0n) is 10.5. The van der Waals surface area contributed by atoms with Crippen LogP contribution in [0.25, 0.3) is 0 Å². The molecule has 1 N–H and O–H groups in total. The fraction of sp³-hybridized carbons (Fsp3) is 0.500. The van der Waals surface area contributed by atoms with Crippen LogP contribution in [0.3, 0.4) is 0 Å².